The van der Waals surface area contributed by atoms with Crippen LogP contribution in [0.5, 0.6) is 5.75 Å². The van der Waals surface area contributed by atoms with Gasteiger partial charge in [-0.15, -0.1) is 11.3 Å². The molecule has 6 rings (SSSR count). The summed E-state index contributed by atoms with van der Waals surface area (Å²) in [6, 6.07) is 23.9. The van der Waals surface area contributed by atoms with E-state index >= 15 is 0 Å². The topological polar surface area (TPSA) is 57.0 Å². The zero-order valence-corrected chi connectivity index (χ0v) is 20.9. The summed E-state index contributed by atoms with van der Waals surface area (Å²) in [4.78, 5) is 28.1. The summed E-state index contributed by atoms with van der Waals surface area (Å²) in [5.74, 6) is 0.601. The van der Waals surface area contributed by atoms with Crippen LogP contribution in [0.1, 0.15) is 45.9 Å². The molecule has 0 atom stereocenters. The average Bonchev–Trinajstić information content (AvgIpc) is 3.67. The van der Waals surface area contributed by atoms with E-state index in [2.05, 4.69) is 36.4 Å². The van der Waals surface area contributed by atoms with Crippen molar-refractivity contribution in [2.75, 3.05) is 14.2 Å². The zero-order valence-electron chi connectivity index (χ0n) is 20.1. The Morgan fingerprint density at radius 1 is 0.972 bits per heavy atom. The number of ether oxygens (including phenoxy) is 2. The Labute approximate surface area is 212 Å². The molecule has 0 bridgehead atoms. The van der Waals surface area contributed by atoms with Crippen molar-refractivity contribution in [2.45, 2.75) is 25.2 Å². The lowest BCUT2D eigenvalue weighted by atomic mass is 9.95. The van der Waals surface area contributed by atoms with Crippen molar-refractivity contribution >= 4 is 32.9 Å². The molecule has 0 aliphatic heterocycles. The van der Waals surface area contributed by atoms with Crippen LogP contribution in [0.2, 0.25) is 0 Å². The van der Waals surface area contributed by atoms with E-state index in [0.29, 0.717) is 12.3 Å². The lowest BCUT2D eigenvalue weighted by Crippen LogP contribution is -2.20. The average molecular weight is 496 g/mol. The predicted molar refractivity (Wildman–Crippen MR) is 144 cm³/mol. The van der Waals surface area contributed by atoms with E-state index < -0.39 is 5.97 Å². The van der Waals surface area contributed by atoms with Crippen LogP contribution in [-0.2, 0) is 11.2 Å². The molecule has 2 aromatic heterocycles. The Hall–Kier alpha value is -3.90. The van der Waals surface area contributed by atoms with E-state index in [4.69, 9.17) is 9.47 Å². The summed E-state index contributed by atoms with van der Waals surface area (Å²) in [7, 11) is 2.97. The molecule has 0 amide bonds. The third-order valence-electron chi connectivity index (χ3n) is 6.91. The highest BCUT2D eigenvalue weighted by molar-refractivity contribution is 7.21. The molecule has 180 valence electrons. The number of rotatable bonds is 6. The highest BCUT2D eigenvalue weighted by atomic mass is 32.1. The summed E-state index contributed by atoms with van der Waals surface area (Å²) >= 11 is 1.49. The Kier molecular flexibility index (Phi) is 5.61. The Morgan fingerprint density at radius 2 is 1.72 bits per heavy atom. The van der Waals surface area contributed by atoms with E-state index in [1.807, 2.05) is 30.3 Å². The fourth-order valence-electron chi connectivity index (χ4n) is 5.03. The number of hydrogen-bond acceptors (Lipinski definition) is 5. The molecule has 1 aliphatic carbocycles. The monoisotopic (exact) mass is 495 g/mol. The summed E-state index contributed by atoms with van der Waals surface area (Å²) in [6.45, 7) is 0. The molecule has 36 heavy (non-hydrogen) atoms. The first kappa shape index (κ1) is 22.6. The number of thiazole rings is 1. The van der Waals surface area contributed by atoms with E-state index in [1.165, 1.54) is 40.3 Å². The van der Waals surface area contributed by atoms with Crippen LogP contribution in [0, 0.1) is 0 Å². The van der Waals surface area contributed by atoms with Gasteiger partial charge in [0.15, 0.2) is 5.69 Å². The summed E-state index contributed by atoms with van der Waals surface area (Å²) in [5.41, 5.74) is 4.34. The number of hydrogen-bond donors (Lipinski definition) is 0. The van der Waals surface area contributed by atoms with Gasteiger partial charge in [-0.25, -0.2) is 4.79 Å². The van der Waals surface area contributed by atoms with Crippen molar-refractivity contribution < 1.29 is 14.3 Å². The maximum absolute atomic E-state index is 13.6. The van der Waals surface area contributed by atoms with Crippen LogP contribution in [-0.4, -0.2) is 24.6 Å². The standard InChI is InChI=1S/C30H25NO4S/c1-34-23-14-12-20(13-15-23)28-27(30(33)35-2)31-25(32)17-22(26(19-10-11-19)29(31)36-28)16-21-8-5-7-18-6-3-4-9-24(18)21/h3-9,12-15,17,19H,10-11,16H2,1-2H3. The number of fused-ring (bicyclic) bond motifs is 2. The predicted octanol–water partition coefficient (Wildman–Crippen LogP) is 6.44. The van der Waals surface area contributed by atoms with Crippen LogP contribution >= 0.6 is 11.3 Å². The number of nitrogens with zero attached hydrogens (tertiary/aromatic N) is 1. The minimum absolute atomic E-state index is 0.207. The molecule has 0 unspecified atom stereocenters. The number of aromatic nitrogens is 1. The SMILES string of the molecule is COC(=O)c1c(-c2ccc(OC)cc2)sc2c(C3CC3)c(Cc3cccc4ccccc34)cc(=O)n12. The van der Waals surface area contributed by atoms with Gasteiger partial charge in [-0.1, -0.05) is 42.5 Å². The molecule has 6 heteroatoms. The lowest BCUT2D eigenvalue weighted by Gasteiger charge is -2.13. The van der Waals surface area contributed by atoms with Gasteiger partial charge in [0, 0.05) is 6.07 Å². The number of carbonyl (C=O) groups is 1. The Bertz CT molecular complexity index is 1670. The van der Waals surface area contributed by atoms with E-state index in [-0.39, 0.29) is 11.3 Å². The first-order valence-electron chi connectivity index (χ1n) is 12.0. The summed E-state index contributed by atoms with van der Waals surface area (Å²) in [5, 5.41) is 2.38. The lowest BCUT2D eigenvalue weighted by molar-refractivity contribution is 0.0593. The van der Waals surface area contributed by atoms with Crippen molar-refractivity contribution in [1.29, 1.82) is 0 Å². The van der Waals surface area contributed by atoms with E-state index in [1.54, 1.807) is 17.6 Å². The first-order chi connectivity index (χ1) is 17.6. The minimum Gasteiger partial charge on any atom is -0.497 e. The maximum atomic E-state index is 13.6. The molecule has 1 aliphatic rings. The third kappa shape index (κ3) is 3.78. The Morgan fingerprint density at radius 3 is 2.44 bits per heavy atom. The smallest absolute Gasteiger partial charge is 0.356 e. The van der Waals surface area contributed by atoms with Gasteiger partial charge in [0.2, 0.25) is 0 Å². The number of carbonyl (C=O) groups excluding carboxylic acids is 1. The summed E-state index contributed by atoms with van der Waals surface area (Å²) in [6.07, 6.45) is 2.84. The summed E-state index contributed by atoms with van der Waals surface area (Å²) < 4.78 is 12.0. The zero-order chi connectivity index (χ0) is 24.8. The fraction of sp³-hybridized carbons (Fsp3) is 0.200. The van der Waals surface area contributed by atoms with Crippen LogP contribution in [0.15, 0.2) is 77.6 Å². The molecule has 0 saturated heterocycles. The second kappa shape index (κ2) is 8.95. The molecule has 3 aromatic carbocycles. The first-order valence-corrected chi connectivity index (χ1v) is 12.8. The van der Waals surface area contributed by atoms with Gasteiger partial charge in [-0.05, 0) is 82.5 Å². The second-order valence-electron chi connectivity index (χ2n) is 9.15. The van der Waals surface area contributed by atoms with Crippen LogP contribution < -0.4 is 10.3 Å². The number of esters is 1. The molecule has 1 fully saturated rings. The largest absolute Gasteiger partial charge is 0.497 e. The van der Waals surface area contributed by atoms with Crippen molar-refractivity contribution in [3.05, 3.63) is 106 Å². The van der Waals surface area contributed by atoms with Crippen molar-refractivity contribution in [2.24, 2.45) is 0 Å². The maximum Gasteiger partial charge on any atom is 0.356 e. The fourth-order valence-corrected chi connectivity index (χ4v) is 6.43. The van der Waals surface area contributed by atoms with E-state index in [9.17, 15) is 9.59 Å². The minimum atomic E-state index is -0.516. The molecule has 5 aromatic rings. The molecule has 0 radical (unpaired) electrons. The van der Waals surface area contributed by atoms with Crippen molar-refractivity contribution in [3.63, 3.8) is 0 Å². The molecule has 2 heterocycles. The van der Waals surface area contributed by atoms with Crippen molar-refractivity contribution in [1.82, 2.24) is 4.40 Å². The van der Waals surface area contributed by atoms with Gasteiger partial charge >= 0.3 is 5.97 Å². The Balaban J connectivity index is 1.59. The highest BCUT2D eigenvalue weighted by Crippen LogP contribution is 2.47. The number of benzene rings is 3. The number of pyridine rings is 1. The molecule has 1 saturated carbocycles. The second-order valence-corrected chi connectivity index (χ2v) is 10.2. The van der Waals surface area contributed by atoms with Crippen LogP contribution in [0.3, 0.4) is 0 Å². The highest BCUT2D eigenvalue weighted by Gasteiger charge is 2.33. The van der Waals surface area contributed by atoms with Gasteiger partial charge in [-0.2, -0.15) is 0 Å². The quantitative estimate of drug-likeness (QED) is 0.254. The van der Waals surface area contributed by atoms with E-state index in [0.717, 1.165) is 39.4 Å². The normalized spacial score (nSPS) is 13.3. The molecular weight excluding hydrogens is 470 g/mol. The van der Waals surface area contributed by atoms with Gasteiger partial charge in [0.25, 0.3) is 5.56 Å². The molecule has 0 N–H and O–H groups in total. The molecule has 5 nitrogen and oxygen atoms in total. The van der Waals surface area contributed by atoms with Gasteiger partial charge in [0.05, 0.1) is 19.1 Å². The number of methoxy groups -OCH3 is 2. The molecular formula is C30H25NO4S. The van der Waals surface area contributed by atoms with Gasteiger partial charge in [-0.3, -0.25) is 9.20 Å². The van der Waals surface area contributed by atoms with Crippen molar-refractivity contribution in [3.8, 4) is 16.2 Å². The van der Waals surface area contributed by atoms with Gasteiger partial charge < -0.3 is 9.47 Å². The molecule has 0 spiro atoms. The van der Waals surface area contributed by atoms with Crippen LogP contribution in [0.4, 0.5) is 0 Å². The third-order valence-corrected chi connectivity index (χ3v) is 8.14. The van der Waals surface area contributed by atoms with Crippen LogP contribution in [0.25, 0.3) is 26.0 Å². The van der Waals surface area contributed by atoms with Gasteiger partial charge in [0.1, 0.15) is 10.6 Å².